The lowest BCUT2D eigenvalue weighted by Crippen LogP contribution is -2.36. The number of rotatable bonds is 8. The monoisotopic (exact) mass is 350 g/mol. The molecule has 1 amide bonds. The number of hydrogen-bond acceptors (Lipinski definition) is 6. The van der Waals surface area contributed by atoms with E-state index in [9.17, 15) is 4.79 Å². The fourth-order valence-electron chi connectivity index (χ4n) is 1.76. The lowest BCUT2D eigenvalue weighted by Gasteiger charge is -2.16. The third-order valence-electron chi connectivity index (χ3n) is 2.90. The zero-order valence-corrected chi connectivity index (χ0v) is 14.8. The molecule has 1 unspecified atom stereocenters. The summed E-state index contributed by atoms with van der Waals surface area (Å²) in [6.45, 7) is 0. The van der Waals surface area contributed by atoms with Crippen molar-refractivity contribution in [3.05, 3.63) is 12.1 Å². The molecule has 0 saturated carbocycles. The molecule has 0 heterocycles. The van der Waals surface area contributed by atoms with Crippen molar-refractivity contribution in [2.75, 3.05) is 38.7 Å². The standard InChI is InChI=1S/C14H22N2O4S.ClH/c1-18-11-7-9(8-12(19-2)13(11)20-3)16-14(17)10(15)5-6-21-4;/h7-8,10H,5-6,15H2,1-4H3,(H,16,17);1H. The van der Waals surface area contributed by atoms with Gasteiger partial charge in [-0.25, -0.2) is 0 Å². The first-order valence-corrected chi connectivity index (χ1v) is 7.82. The van der Waals surface area contributed by atoms with Crippen LogP contribution in [0.2, 0.25) is 0 Å². The third kappa shape index (κ3) is 5.47. The summed E-state index contributed by atoms with van der Waals surface area (Å²) in [6, 6.07) is 2.79. The van der Waals surface area contributed by atoms with Crippen molar-refractivity contribution >= 4 is 35.8 Å². The van der Waals surface area contributed by atoms with E-state index in [2.05, 4.69) is 5.32 Å². The summed E-state index contributed by atoms with van der Waals surface area (Å²) in [7, 11) is 4.57. The number of nitrogens with one attached hydrogen (secondary N) is 1. The minimum Gasteiger partial charge on any atom is -0.493 e. The SMILES string of the molecule is COc1cc(NC(=O)C(N)CCSC)cc(OC)c1OC.Cl. The third-order valence-corrected chi connectivity index (χ3v) is 3.55. The number of halogens is 1. The van der Waals surface area contributed by atoms with Crippen LogP contribution in [0.5, 0.6) is 17.2 Å². The van der Waals surface area contributed by atoms with E-state index >= 15 is 0 Å². The summed E-state index contributed by atoms with van der Waals surface area (Å²) < 4.78 is 15.7. The van der Waals surface area contributed by atoms with Crippen LogP contribution in [0.1, 0.15) is 6.42 Å². The Hall–Kier alpha value is -1.31. The van der Waals surface area contributed by atoms with Crippen LogP contribution < -0.4 is 25.3 Å². The molecule has 0 fully saturated rings. The van der Waals surface area contributed by atoms with Gasteiger partial charge in [-0.1, -0.05) is 0 Å². The Balaban J connectivity index is 0.00000441. The number of thioether (sulfide) groups is 1. The van der Waals surface area contributed by atoms with Gasteiger partial charge in [0.15, 0.2) is 11.5 Å². The second kappa shape index (κ2) is 10.4. The van der Waals surface area contributed by atoms with Gasteiger partial charge in [-0.2, -0.15) is 11.8 Å². The van der Waals surface area contributed by atoms with Gasteiger partial charge in [0.25, 0.3) is 0 Å². The number of amides is 1. The highest BCUT2D eigenvalue weighted by atomic mass is 35.5. The molecule has 0 aliphatic heterocycles. The number of anilines is 1. The van der Waals surface area contributed by atoms with Crippen molar-refractivity contribution in [2.45, 2.75) is 12.5 Å². The topological polar surface area (TPSA) is 82.8 Å². The van der Waals surface area contributed by atoms with Crippen LogP contribution in [0.15, 0.2) is 12.1 Å². The van der Waals surface area contributed by atoms with Gasteiger partial charge in [-0.05, 0) is 18.4 Å². The Labute approximate surface area is 141 Å². The van der Waals surface area contributed by atoms with Gasteiger partial charge in [0.05, 0.1) is 27.4 Å². The molecule has 0 bridgehead atoms. The van der Waals surface area contributed by atoms with E-state index in [1.807, 2.05) is 6.26 Å². The Kier molecular flexibility index (Phi) is 9.80. The van der Waals surface area contributed by atoms with Crippen LogP contribution in [0.25, 0.3) is 0 Å². The molecule has 0 aliphatic carbocycles. The lowest BCUT2D eigenvalue weighted by molar-refractivity contribution is -0.117. The lowest BCUT2D eigenvalue weighted by atomic mass is 10.2. The molecule has 1 aromatic rings. The minimum absolute atomic E-state index is 0. The first kappa shape index (κ1) is 20.7. The number of ether oxygens (including phenoxy) is 3. The number of carbonyl (C=O) groups is 1. The van der Waals surface area contributed by atoms with E-state index in [1.54, 1.807) is 23.9 Å². The van der Waals surface area contributed by atoms with E-state index in [0.717, 1.165) is 5.75 Å². The maximum Gasteiger partial charge on any atom is 0.241 e. The van der Waals surface area contributed by atoms with E-state index in [4.69, 9.17) is 19.9 Å². The predicted octanol–water partition coefficient (Wildman–Crippen LogP) is 2.15. The van der Waals surface area contributed by atoms with Crippen LogP contribution >= 0.6 is 24.2 Å². The van der Waals surface area contributed by atoms with Crippen molar-refractivity contribution in [1.29, 1.82) is 0 Å². The number of hydrogen-bond donors (Lipinski definition) is 2. The van der Waals surface area contributed by atoms with Crippen LogP contribution in [-0.2, 0) is 4.79 Å². The van der Waals surface area contributed by atoms with Gasteiger partial charge in [0, 0.05) is 17.8 Å². The summed E-state index contributed by atoms with van der Waals surface area (Å²) in [6.07, 6.45) is 2.60. The maximum absolute atomic E-state index is 12.0. The van der Waals surface area contributed by atoms with Gasteiger partial charge < -0.3 is 25.3 Å². The van der Waals surface area contributed by atoms with Crippen LogP contribution in [0, 0.1) is 0 Å². The minimum atomic E-state index is -0.545. The molecule has 0 aliphatic rings. The molecule has 22 heavy (non-hydrogen) atoms. The average Bonchev–Trinajstić information content (AvgIpc) is 2.51. The van der Waals surface area contributed by atoms with Gasteiger partial charge in [0.1, 0.15) is 0 Å². The highest BCUT2D eigenvalue weighted by Gasteiger charge is 2.17. The Morgan fingerprint density at radius 2 is 1.77 bits per heavy atom. The summed E-state index contributed by atoms with van der Waals surface area (Å²) in [5.41, 5.74) is 6.39. The van der Waals surface area contributed by atoms with Gasteiger partial charge in [-0.15, -0.1) is 12.4 Å². The largest absolute Gasteiger partial charge is 0.493 e. The molecule has 126 valence electrons. The molecule has 0 spiro atoms. The molecular formula is C14H23ClN2O4S. The highest BCUT2D eigenvalue weighted by Crippen LogP contribution is 2.39. The summed E-state index contributed by atoms with van der Waals surface area (Å²) >= 11 is 1.65. The van der Waals surface area contributed by atoms with Crippen molar-refractivity contribution in [3.63, 3.8) is 0 Å². The van der Waals surface area contributed by atoms with Crippen LogP contribution in [0.3, 0.4) is 0 Å². The molecule has 1 aromatic carbocycles. The molecule has 1 atom stereocenters. The second-order valence-corrected chi connectivity index (χ2v) is 5.28. The molecule has 8 heteroatoms. The molecule has 1 rings (SSSR count). The highest BCUT2D eigenvalue weighted by molar-refractivity contribution is 7.98. The van der Waals surface area contributed by atoms with Gasteiger partial charge >= 0.3 is 0 Å². The zero-order valence-electron chi connectivity index (χ0n) is 13.2. The quantitative estimate of drug-likeness (QED) is 0.747. The van der Waals surface area contributed by atoms with Crippen molar-refractivity contribution in [1.82, 2.24) is 0 Å². The van der Waals surface area contributed by atoms with Gasteiger partial charge in [-0.3, -0.25) is 4.79 Å². The fraction of sp³-hybridized carbons (Fsp3) is 0.500. The Morgan fingerprint density at radius 1 is 1.23 bits per heavy atom. The molecule has 3 N–H and O–H groups in total. The molecule has 0 saturated heterocycles. The molecule has 0 aromatic heterocycles. The Morgan fingerprint density at radius 3 is 2.18 bits per heavy atom. The van der Waals surface area contributed by atoms with E-state index in [0.29, 0.717) is 29.4 Å². The zero-order chi connectivity index (χ0) is 15.8. The second-order valence-electron chi connectivity index (χ2n) is 4.29. The Bertz CT molecular complexity index is 463. The van der Waals surface area contributed by atoms with Crippen molar-refractivity contribution < 1.29 is 19.0 Å². The van der Waals surface area contributed by atoms with E-state index in [-0.39, 0.29) is 18.3 Å². The molecule has 6 nitrogen and oxygen atoms in total. The number of benzene rings is 1. The predicted molar refractivity (Wildman–Crippen MR) is 93.0 cm³/mol. The molecule has 0 radical (unpaired) electrons. The fourth-order valence-corrected chi connectivity index (χ4v) is 2.25. The van der Waals surface area contributed by atoms with E-state index in [1.165, 1.54) is 21.3 Å². The number of methoxy groups -OCH3 is 3. The normalized spacial score (nSPS) is 11.1. The smallest absolute Gasteiger partial charge is 0.241 e. The van der Waals surface area contributed by atoms with Gasteiger partial charge in [0.2, 0.25) is 11.7 Å². The average molecular weight is 351 g/mol. The van der Waals surface area contributed by atoms with E-state index < -0.39 is 6.04 Å². The van der Waals surface area contributed by atoms with Crippen LogP contribution in [0.4, 0.5) is 5.69 Å². The first-order chi connectivity index (χ1) is 10.1. The summed E-state index contributed by atoms with van der Waals surface area (Å²) in [4.78, 5) is 12.0. The maximum atomic E-state index is 12.0. The summed E-state index contributed by atoms with van der Waals surface area (Å²) in [5, 5.41) is 2.76. The molecular weight excluding hydrogens is 328 g/mol. The van der Waals surface area contributed by atoms with Crippen molar-refractivity contribution in [2.24, 2.45) is 5.73 Å². The number of nitrogens with two attached hydrogens (primary N) is 1. The van der Waals surface area contributed by atoms with Crippen LogP contribution in [-0.4, -0.2) is 45.3 Å². The summed E-state index contributed by atoms with van der Waals surface area (Å²) in [5.74, 6) is 2.03. The van der Waals surface area contributed by atoms with Crippen molar-refractivity contribution in [3.8, 4) is 17.2 Å². The number of carbonyl (C=O) groups excluding carboxylic acids is 1. The first-order valence-electron chi connectivity index (χ1n) is 6.42.